The zero-order chi connectivity index (χ0) is 15.9. The van der Waals surface area contributed by atoms with E-state index in [1.54, 1.807) is 6.92 Å². The minimum atomic E-state index is -2.92. The third kappa shape index (κ3) is 6.80. The van der Waals surface area contributed by atoms with Crippen molar-refractivity contribution in [3.8, 4) is 5.75 Å². The van der Waals surface area contributed by atoms with Crippen LogP contribution in [0.15, 0.2) is 22.7 Å². The van der Waals surface area contributed by atoms with Gasteiger partial charge in [-0.25, -0.2) is 8.42 Å². The molecule has 4 nitrogen and oxygen atoms in total. The van der Waals surface area contributed by atoms with Gasteiger partial charge >= 0.3 is 0 Å². The van der Waals surface area contributed by atoms with E-state index in [1.807, 2.05) is 18.2 Å². The van der Waals surface area contributed by atoms with E-state index in [1.165, 1.54) is 0 Å². The van der Waals surface area contributed by atoms with Gasteiger partial charge in [0.25, 0.3) is 0 Å². The number of benzene rings is 1. The maximum atomic E-state index is 11.4. The molecule has 1 rings (SSSR count). The van der Waals surface area contributed by atoms with Gasteiger partial charge in [-0.05, 0) is 43.0 Å². The summed E-state index contributed by atoms with van der Waals surface area (Å²) in [6.45, 7) is 4.11. The molecule has 0 aliphatic carbocycles. The Kier molecular flexibility index (Phi) is 7.70. The van der Waals surface area contributed by atoms with Gasteiger partial charge in [-0.15, -0.1) is 0 Å². The second-order valence-electron chi connectivity index (χ2n) is 5.06. The molecular weight excluding hydrogens is 354 g/mol. The van der Waals surface area contributed by atoms with Gasteiger partial charge in [0.2, 0.25) is 0 Å². The summed E-state index contributed by atoms with van der Waals surface area (Å²) in [5, 5.41) is 0. The average molecular weight is 378 g/mol. The SMILES string of the molecule is CCC(N)Cc1cc(Br)ccc1OCCCS(=O)(=O)CC. The molecule has 1 unspecified atom stereocenters. The van der Waals surface area contributed by atoms with Gasteiger partial charge in [0.05, 0.1) is 12.4 Å². The summed E-state index contributed by atoms with van der Waals surface area (Å²) in [7, 11) is -2.92. The predicted molar refractivity (Wildman–Crippen MR) is 90.6 cm³/mol. The fraction of sp³-hybridized carbons (Fsp3) is 0.600. The lowest BCUT2D eigenvalue weighted by Gasteiger charge is -2.15. The van der Waals surface area contributed by atoms with Crippen LogP contribution in [-0.4, -0.2) is 32.6 Å². The summed E-state index contributed by atoms with van der Waals surface area (Å²) in [5.41, 5.74) is 7.06. The van der Waals surface area contributed by atoms with Crippen LogP contribution < -0.4 is 10.5 Å². The Morgan fingerprint density at radius 3 is 2.67 bits per heavy atom. The van der Waals surface area contributed by atoms with Crippen molar-refractivity contribution in [2.24, 2.45) is 5.73 Å². The van der Waals surface area contributed by atoms with Crippen molar-refractivity contribution in [1.82, 2.24) is 0 Å². The second-order valence-corrected chi connectivity index (χ2v) is 8.45. The van der Waals surface area contributed by atoms with Crippen molar-refractivity contribution in [3.05, 3.63) is 28.2 Å². The van der Waals surface area contributed by atoms with Gasteiger partial charge in [0.1, 0.15) is 15.6 Å². The number of ether oxygens (including phenoxy) is 1. The minimum absolute atomic E-state index is 0.0992. The third-order valence-corrected chi connectivity index (χ3v) is 5.61. The zero-order valence-electron chi connectivity index (χ0n) is 12.6. The van der Waals surface area contributed by atoms with E-state index < -0.39 is 9.84 Å². The highest BCUT2D eigenvalue weighted by Crippen LogP contribution is 2.25. The van der Waals surface area contributed by atoms with Crippen LogP contribution in [0.4, 0.5) is 0 Å². The van der Waals surface area contributed by atoms with Gasteiger partial charge in [0.15, 0.2) is 0 Å². The lowest BCUT2D eigenvalue weighted by atomic mass is 10.0. The summed E-state index contributed by atoms with van der Waals surface area (Å²) in [5.74, 6) is 1.14. The Labute approximate surface area is 136 Å². The Balaban J connectivity index is 2.62. The molecule has 2 N–H and O–H groups in total. The molecule has 0 aliphatic heterocycles. The van der Waals surface area contributed by atoms with Crippen molar-refractivity contribution in [1.29, 1.82) is 0 Å². The minimum Gasteiger partial charge on any atom is -0.493 e. The van der Waals surface area contributed by atoms with Crippen LogP contribution >= 0.6 is 15.9 Å². The molecule has 0 amide bonds. The standard InChI is InChI=1S/C15H24BrNO3S/c1-3-14(17)11-12-10-13(16)6-7-15(12)20-8-5-9-21(18,19)4-2/h6-7,10,14H,3-5,8-9,11,17H2,1-2H3. The molecule has 6 heteroatoms. The van der Waals surface area contributed by atoms with E-state index in [-0.39, 0.29) is 17.5 Å². The summed E-state index contributed by atoms with van der Waals surface area (Å²) in [6.07, 6.45) is 2.16. The Hall–Kier alpha value is -0.590. The number of hydrogen-bond acceptors (Lipinski definition) is 4. The van der Waals surface area contributed by atoms with Crippen LogP contribution in [0.25, 0.3) is 0 Å². The number of nitrogens with two attached hydrogens (primary N) is 1. The number of halogens is 1. The Morgan fingerprint density at radius 1 is 1.33 bits per heavy atom. The van der Waals surface area contributed by atoms with E-state index in [0.717, 1.165) is 28.6 Å². The molecule has 1 atom stereocenters. The maximum Gasteiger partial charge on any atom is 0.150 e. The second kappa shape index (κ2) is 8.76. The molecule has 0 fully saturated rings. The van der Waals surface area contributed by atoms with Crippen molar-refractivity contribution in [2.45, 2.75) is 39.2 Å². The van der Waals surface area contributed by atoms with Gasteiger partial charge in [-0.2, -0.15) is 0 Å². The summed E-state index contributed by atoms with van der Waals surface area (Å²) < 4.78 is 29.6. The quantitative estimate of drug-likeness (QED) is 0.671. The molecule has 1 aromatic carbocycles. The smallest absolute Gasteiger partial charge is 0.150 e. The molecule has 21 heavy (non-hydrogen) atoms. The Morgan fingerprint density at radius 2 is 2.05 bits per heavy atom. The normalized spacial score (nSPS) is 13.1. The van der Waals surface area contributed by atoms with E-state index >= 15 is 0 Å². The van der Waals surface area contributed by atoms with E-state index in [0.29, 0.717) is 13.0 Å². The largest absolute Gasteiger partial charge is 0.493 e. The molecular formula is C15H24BrNO3S. The lowest BCUT2D eigenvalue weighted by Crippen LogP contribution is -2.22. The van der Waals surface area contributed by atoms with Gasteiger partial charge in [-0.3, -0.25) is 0 Å². The van der Waals surface area contributed by atoms with Crippen molar-refractivity contribution in [3.63, 3.8) is 0 Å². The average Bonchev–Trinajstić information content (AvgIpc) is 2.45. The highest BCUT2D eigenvalue weighted by atomic mass is 79.9. The fourth-order valence-electron chi connectivity index (χ4n) is 1.88. The molecule has 0 saturated carbocycles. The predicted octanol–water partition coefficient (Wildman–Crippen LogP) is 2.93. The molecule has 0 aromatic heterocycles. The van der Waals surface area contributed by atoms with E-state index in [9.17, 15) is 8.42 Å². The van der Waals surface area contributed by atoms with Crippen molar-refractivity contribution >= 4 is 25.8 Å². The molecule has 1 aromatic rings. The molecule has 0 spiro atoms. The molecule has 0 aliphatic rings. The summed E-state index contributed by atoms with van der Waals surface area (Å²) in [6, 6.07) is 5.92. The van der Waals surface area contributed by atoms with Crippen LogP contribution in [0.2, 0.25) is 0 Å². The zero-order valence-corrected chi connectivity index (χ0v) is 15.0. The van der Waals surface area contributed by atoms with E-state index in [2.05, 4.69) is 22.9 Å². The highest BCUT2D eigenvalue weighted by Gasteiger charge is 2.10. The van der Waals surface area contributed by atoms with Crippen LogP contribution in [0.3, 0.4) is 0 Å². The third-order valence-electron chi connectivity index (χ3n) is 3.33. The Bertz CT molecular complexity index is 546. The van der Waals surface area contributed by atoms with E-state index in [4.69, 9.17) is 10.5 Å². The van der Waals surface area contributed by atoms with Crippen molar-refractivity contribution in [2.75, 3.05) is 18.1 Å². The van der Waals surface area contributed by atoms with Crippen molar-refractivity contribution < 1.29 is 13.2 Å². The summed E-state index contributed by atoms with van der Waals surface area (Å²) in [4.78, 5) is 0. The first-order chi connectivity index (χ1) is 9.88. The molecule has 0 saturated heterocycles. The molecule has 120 valence electrons. The van der Waals surface area contributed by atoms with Gasteiger partial charge < -0.3 is 10.5 Å². The first-order valence-electron chi connectivity index (χ1n) is 7.25. The summed E-state index contributed by atoms with van der Waals surface area (Å²) >= 11 is 3.45. The molecule has 0 heterocycles. The first-order valence-corrected chi connectivity index (χ1v) is 9.86. The van der Waals surface area contributed by atoms with Crippen LogP contribution in [0.5, 0.6) is 5.75 Å². The van der Waals surface area contributed by atoms with Crippen LogP contribution in [0, 0.1) is 0 Å². The maximum absolute atomic E-state index is 11.4. The topological polar surface area (TPSA) is 69.4 Å². The van der Waals surface area contributed by atoms with Crippen LogP contribution in [-0.2, 0) is 16.3 Å². The van der Waals surface area contributed by atoms with Crippen LogP contribution in [0.1, 0.15) is 32.3 Å². The van der Waals surface area contributed by atoms with Gasteiger partial charge in [0, 0.05) is 16.3 Å². The fourth-order valence-corrected chi connectivity index (χ4v) is 3.14. The molecule has 0 radical (unpaired) electrons. The number of hydrogen-bond donors (Lipinski definition) is 1. The number of rotatable bonds is 9. The molecule has 0 bridgehead atoms. The van der Waals surface area contributed by atoms with Gasteiger partial charge in [-0.1, -0.05) is 29.8 Å². The highest BCUT2D eigenvalue weighted by molar-refractivity contribution is 9.10. The number of sulfone groups is 1. The monoisotopic (exact) mass is 377 g/mol. The lowest BCUT2D eigenvalue weighted by molar-refractivity contribution is 0.313. The first kappa shape index (κ1) is 18.5.